The van der Waals surface area contributed by atoms with Crippen LogP contribution >= 0.6 is 0 Å². The number of nitrogens with zero attached hydrogens (tertiary/aromatic N) is 3. The zero-order valence-corrected chi connectivity index (χ0v) is 12.7. The first-order chi connectivity index (χ1) is 9.48. The summed E-state index contributed by atoms with van der Waals surface area (Å²) in [4.78, 5) is 4.62. The Morgan fingerprint density at radius 2 is 2.30 bits per heavy atom. The van der Waals surface area contributed by atoms with Gasteiger partial charge in [0.05, 0.1) is 18.8 Å². The molecule has 5 heteroatoms. The third-order valence-corrected chi connectivity index (χ3v) is 3.42. The predicted octanol–water partition coefficient (Wildman–Crippen LogP) is 1.75. The molecule has 0 saturated heterocycles. The molecule has 0 aliphatic heterocycles. The van der Waals surface area contributed by atoms with Crippen LogP contribution in [0.2, 0.25) is 0 Å². The van der Waals surface area contributed by atoms with E-state index in [4.69, 9.17) is 4.74 Å². The summed E-state index contributed by atoms with van der Waals surface area (Å²) in [6, 6.07) is 0. The van der Waals surface area contributed by atoms with Gasteiger partial charge in [0.25, 0.3) is 0 Å². The Hall–Kier alpha value is -1.20. The summed E-state index contributed by atoms with van der Waals surface area (Å²) >= 11 is 0. The zero-order chi connectivity index (χ0) is 14.6. The predicted molar refractivity (Wildman–Crippen MR) is 77.5 cm³/mol. The molecule has 1 heterocycles. The van der Waals surface area contributed by atoms with Gasteiger partial charge in [-0.15, -0.1) is 0 Å². The fourth-order valence-electron chi connectivity index (χ4n) is 2.47. The number of hydrogen-bond donors (Lipinski definition) is 1. The van der Waals surface area contributed by atoms with Crippen molar-refractivity contribution >= 4 is 0 Å². The third kappa shape index (κ3) is 4.42. The molecular formula is C15H25N3O2. The summed E-state index contributed by atoms with van der Waals surface area (Å²) in [7, 11) is 1.68. The first-order valence-corrected chi connectivity index (χ1v) is 7.28. The normalized spacial score (nSPS) is 18.9. The van der Waals surface area contributed by atoms with Gasteiger partial charge in [-0.1, -0.05) is 12.2 Å². The van der Waals surface area contributed by atoms with Crippen LogP contribution < -0.4 is 0 Å². The fourth-order valence-corrected chi connectivity index (χ4v) is 2.47. The molecule has 2 rings (SSSR count). The van der Waals surface area contributed by atoms with Crippen molar-refractivity contribution in [2.24, 2.45) is 5.92 Å². The molecule has 1 aromatic heterocycles. The van der Waals surface area contributed by atoms with E-state index < -0.39 is 5.60 Å². The largest absolute Gasteiger partial charge is 0.389 e. The molecule has 20 heavy (non-hydrogen) atoms. The van der Waals surface area contributed by atoms with Crippen LogP contribution in [0.3, 0.4) is 0 Å². The molecule has 0 spiro atoms. The van der Waals surface area contributed by atoms with Crippen LogP contribution in [0.25, 0.3) is 0 Å². The van der Waals surface area contributed by atoms with Crippen molar-refractivity contribution in [3.8, 4) is 0 Å². The van der Waals surface area contributed by atoms with Crippen LogP contribution in [-0.4, -0.2) is 39.2 Å². The standard InChI is InChI=1S/C15H25N3O2/c1-15(2,19)11-18-14(10-12-6-4-5-7-12)16-13(17-18)8-9-20-3/h4,6,12,19H,5,7-11H2,1-3H3. The van der Waals surface area contributed by atoms with E-state index in [-0.39, 0.29) is 0 Å². The van der Waals surface area contributed by atoms with E-state index in [1.165, 1.54) is 6.42 Å². The molecule has 112 valence electrons. The number of rotatable bonds is 7. The van der Waals surface area contributed by atoms with Crippen molar-refractivity contribution in [2.75, 3.05) is 13.7 Å². The maximum atomic E-state index is 10.0. The van der Waals surface area contributed by atoms with Gasteiger partial charge in [-0.05, 0) is 32.6 Å². The molecule has 0 aromatic carbocycles. The van der Waals surface area contributed by atoms with E-state index in [1.54, 1.807) is 21.0 Å². The second-order valence-electron chi connectivity index (χ2n) is 6.13. The quantitative estimate of drug-likeness (QED) is 0.772. The smallest absolute Gasteiger partial charge is 0.153 e. The number of methoxy groups -OCH3 is 1. The Balaban J connectivity index is 2.12. The molecule has 1 aliphatic carbocycles. The van der Waals surface area contributed by atoms with Gasteiger partial charge in [0.1, 0.15) is 5.82 Å². The molecule has 5 nitrogen and oxygen atoms in total. The van der Waals surface area contributed by atoms with Crippen molar-refractivity contribution < 1.29 is 9.84 Å². The summed E-state index contributed by atoms with van der Waals surface area (Å²) in [6.45, 7) is 4.68. The lowest BCUT2D eigenvalue weighted by molar-refractivity contribution is 0.0563. The molecule has 0 fully saturated rings. The third-order valence-electron chi connectivity index (χ3n) is 3.42. The average molecular weight is 279 g/mol. The summed E-state index contributed by atoms with van der Waals surface area (Å²) in [5.41, 5.74) is -0.785. The topological polar surface area (TPSA) is 60.2 Å². The number of allylic oxidation sites excluding steroid dienone is 2. The lowest BCUT2D eigenvalue weighted by atomic mass is 10.0. The first kappa shape index (κ1) is 15.2. The summed E-state index contributed by atoms with van der Waals surface area (Å²) in [5, 5.41) is 14.5. The Kier molecular flexibility index (Phi) is 4.94. The zero-order valence-electron chi connectivity index (χ0n) is 12.7. The highest BCUT2D eigenvalue weighted by Crippen LogP contribution is 2.21. The Labute approximate surface area is 120 Å². The van der Waals surface area contributed by atoms with Gasteiger partial charge in [0, 0.05) is 20.0 Å². The van der Waals surface area contributed by atoms with Crippen molar-refractivity contribution in [1.82, 2.24) is 14.8 Å². The van der Waals surface area contributed by atoms with Crippen LogP contribution in [-0.2, 0) is 24.1 Å². The molecule has 1 atom stereocenters. The molecule has 0 amide bonds. The van der Waals surface area contributed by atoms with Crippen LogP contribution in [0.15, 0.2) is 12.2 Å². The Morgan fingerprint density at radius 1 is 1.50 bits per heavy atom. The average Bonchev–Trinajstić information content (AvgIpc) is 2.96. The van der Waals surface area contributed by atoms with Gasteiger partial charge in [-0.25, -0.2) is 9.67 Å². The minimum absolute atomic E-state index is 0.471. The van der Waals surface area contributed by atoms with E-state index in [2.05, 4.69) is 22.2 Å². The number of aromatic nitrogens is 3. The van der Waals surface area contributed by atoms with E-state index in [0.717, 1.165) is 24.5 Å². The number of hydrogen-bond acceptors (Lipinski definition) is 4. The van der Waals surface area contributed by atoms with E-state index in [0.29, 0.717) is 25.5 Å². The lowest BCUT2D eigenvalue weighted by Gasteiger charge is -2.18. The second-order valence-corrected chi connectivity index (χ2v) is 6.13. The second kappa shape index (κ2) is 6.50. The molecular weight excluding hydrogens is 254 g/mol. The maximum Gasteiger partial charge on any atom is 0.153 e. The van der Waals surface area contributed by atoms with Gasteiger partial charge >= 0.3 is 0 Å². The summed E-state index contributed by atoms with van der Waals surface area (Å²) in [6.07, 6.45) is 8.43. The van der Waals surface area contributed by atoms with Gasteiger partial charge in [-0.3, -0.25) is 0 Å². The van der Waals surface area contributed by atoms with Crippen LogP contribution in [0.4, 0.5) is 0 Å². The van der Waals surface area contributed by atoms with Crippen molar-refractivity contribution in [2.45, 2.75) is 51.7 Å². The Bertz CT molecular complexity index is 460. The van der Waals surface area contributed by atoms with Gasteiger partial charge in [0.15, 0.2) is 5.82 Å². The Morgan fingerprint density at radius 3 is 2.90 bits per heavy atom. The summed E-state index contributed by atoms with van der Waals surface area (Å²) < 4.78 is 6.94. The van der Waals surface area contributed by atoms with Gasteiger partial charge < -0.3 is 9.84 Å². The van der Waals surface area contributed by atoms with E-state index in [9.17, 15) is 5.11 Å². The first-order valence-electron chi connectivity index (χ1n) is 7.28. The minimum atomic E-state index is -0.785. The number of ether oxygens (including phenoxy) is 1. The fraction of sp³-hybridized carbons (Fsp3) is 0.733. The highest BCUT2D eigenvalue weighted by atomic mass is 16.5. The molecule has 0 bridgehead atoms. The molecule has 1 aliphatic rings. The lowest BCUT2D eigenvalue weighted by Crippen LogP contribution is -2.28. The van der Waals surface area contributed by atoms with Crippen LogP contribution in [0.5, 0.6) is 0 Å². The highest BCUT2D eigenvalue weighted by Gasteiger charge is 2.21. The van der Waals surface area contributed by atoms with E-state index in [1.807, 2.05) is 4.68 Å². The molecule has 1 unspecified atom stereocenters. The van der Waals surface area contributed by atoms with Crippen molar-refractivity contribution in [3.63, 3.8) is 0 Å². The molecule has 0 radical (unpaired) electrons. The maximum absolute atomic E-state index is 10.0. The van der Waals surface area contributed by atoms with Crippen molar-refractivity contribution in [3.05, 3.63) is 23.8 Å². The minimum Gasteiger partial charge on any atom is -0.389 e. The number of aliphatic hydroxyl groups is 1. The highest BCUT2D eigenvalue weighted by molar-refractivity contribution is 5.03. The van der Waals surface area contributed by atoms with Gasteiger partial charge in [-0.2, -0.15) is 5.10 Å². The van der Waals surface area contributed by atoms with Gasteiger partial charge in [0.2, 0.25) is 0 Å². The van der Waals surface area contributed by atoms with Crippen LogP contribution in [0, 0.1) is 5.92 Å². The monoisotopic (exact) mass is 279 g/mol. The SMILES string of the molecule is COCCc1nc(CC2C=CCC2)n(CC(C)(C)O)n1. The van der Waals surface area contributed by atoms with Crippen LogP contribution in [0.1, 0.15) is 38.3 Å². The molecule has 1 N–H and O–H groups in total. The van der Waals surface area contributed by atoms with Crippen molar-refractivity contribution in [1.29, 1.82) is 0 Å². The summed E-state index contributed by atoms with van der Waals surface area (Å²) in [5.74, 6) is 2.32. The molecule has 0 saturated carbocycles. The van der Waals surface area contributed by atoms with E-state index >= 15 is 0 Å². The molecule has 1 aromatic rings.